The minimum absolute atomic E-state index is 0.145. The number of carbonyl (C=O) groups excluding carboxylic acids is 4. The third kappa shape index (κ3) is 4.13. The number of amides is 3. The summed E-state index contributed by atoms with van der Waals surface area (Å²) in [4.78, 5) is 57.3. The van der Waals surface area contributed by atoms with Gasteiger partial charge in [-0.05, 0) is 44.4 Å². The number of hydrogen-bond donors (Lipinski definition) is 3. The summed E-state index contributed by atoms with van der Waals surface area (Å²) in [5.41, 5.74) is 1.07. The first-order valence-corrected chi connectivity index (χ1v) is 11.4. The Morgan fingerprint density at radius 3 is 2.74 bits per heavy atom. The third-order valence-electron chi connectivity index (χ3n) is 6.97. The lowest BCUT2D eigenvalue weighted by atomic mass is 9.94. The van der Waals surface area contributed by atoms with Gasteiger partial charge in [0, 0.05) is 36.5 Å². The maximum Gasteiger partial charge on any atom is 0.270 e. The van der Waals surface area contributed by atoms with Gasteiger partial charge in [-0.1, -0.05) is 6.07 Å². The molecule has 1 unspecified atom stereocenters. The Kier molecular flexibility index (Phi) is 6.60. The summed E-state index contributed by atoms with van der Waals surface area (Å²) in [7, 11) is 3.12. The number of fused-ring (bicyclic) bond motifs is 1. The molecule has 0 spiro atoms. The van der Waals surface area contributed by atoms with Crippen LogP contribution in [0, 0.1) is 5.92 Å². The van der Waals surface area contributed by atoms with Crippen LogP contribution >= 0.6 is 0 Å². The summed E-state index contributed by atoms with van der Waals surface area (Å²) >= 11 is 0. The van der Waals surface area contributed by atoms with E-state index in [4.69, 9.17) is 4.74 Å². The molecule has 34 heavy (non-hydrogen) atoms. The lowest BCUT2D eigenvalue weighted by Crippen LogP contribution is -2.51. The molecule has 3 amide bonds. The van der Waals surface area contributed by atoms with Crippen molar-refractivity contribution in [3.05, 3.63) is 30.0 Å². The van der Waals surface area contributed by atoms with Crippen molar-refractivity contribution in [1.82, 2.24) is 20.1 Å². The van der Waals surface area contributed by atoms with E-state index in [0.29, 0.717) is 30.8 Å². The molecule has 2 aromatic rings. The highest BCUT2D eigenvalue weighted by Crippen LogP contribution is 2.31. The molecule has 0 radical (unpaired) electrons. The van der Waals surface area contributed by atoms with Crippen molar-refractivity contribution in [2.24, 2.45) is 5.92 Å². The molecule has 10 heteroatoms. The first kappa shape index (κ1) is 23.7. The molecule has 3 N–H and O–H groups in total. The number of rotatable bonds is 8. The predicted molar refractivity (Wildman–Crippen MR) is 123 cm³/mol. The number of Topliss-reactive ketones (excluding diaryl/α,β-unsaturated/α-hetero) is 1. The Labute approximate surface area is 197 Å². The number of nitrogens with one attached hydrogen (secondary N) is 2. The van der Waals surface area contributed by atoms with Gasteiger partial charge in [0.05, 0.1) is 13.2 Å². The lowest BCUT2D eigenvalue weighted by Gasteiger charge is -2.32. The summed E-state index contributed by atoms with van der Waals surface area (Å²) < 4.78 is 5.36. The molecule has 2 fully saturated rings. The minimum Gasteiger partial charge on any atom is -0.496 e. The first-order chi connectivity index (χ1) is 16.3. The van der Waals surface area contributed by atoms with E-state index in [-0.39, 0.29) is 36.1 Å². The number of aromatic nitrogens is 1. The molecule has 10 nitrogen and oxygen atoms in total. The Balaban J connectivity index is 1.56. The summed E-state index contributed by atoms with van der Waals surface area (Å²) in [5.74, 6) is -1.12. The number of H-pyrrole nitrogens is 1. The van der Waals surface area contributed by atoms with Crippen LogP contribution in [0.15, 0.2) is 24.3 Å². The van der Waals surface area contributed by atoms with Crippen molar-refractivity contribution < 1.29 is 29.0 Å². The first-order valence-electron chi connectivity index (χ1n) is 11.4. The van der Waals surface area contributed by atoms with Crippen molar-refractivity contribution in [3.8, 4) is 5.75 Å². The lowest BCUT2D eigenvalue weighted by molar-refractivity contribution is -0.142. The molecule has 1 aromatic heterocycles. The average molecular weight is 471 g/mol. The largest absolute Gasteiger partial charge is 0.496 e. The van der Waals surface area contributed by atoms with Crippen LogP contribution in [0.2, 0.25) is 0 Å². The van der Waals surface area contributed by atoms with E-state index in [2.05, 4.69) is 10.3 Å². The molecule has 0 bridgehead atoms. The van der Waals surface area contributed by atoms with Gasteiger partial charge in [-0.25, -0.2) is 0 Å². The number of nitrogens with zero attached hydrogens (tertiary/aromatic N) is 2. The SMILES string of the molecule is COc1cccc2[nH]c(C(=O)N(C)[C@H]3CC(C)N([C@@H](C[C@@H]4CCNC4=O)C(=O)CO)C3=O)cc12. The van der Waals surface area contributed by atoms with Gasteiger partial charge in [-0.15, -0.1) is 0 Å². The van der Waals surface area contributed by atoms with Crippen LogP contribution in [-0.2, 0) is 14.4 Å². The Bertz CT molecular complexity index is 1130. The highest BCUT2D eigenvalue weighted by molar-refractivity contribution is 6.02. The van der Waals surface area contributed by atoms with Gasteiger partial charge < -0.3 is 29.9 Å². The molecule has 4 atom stereocenters. The van der Waals surface area contributed by atoms with Gasteiger partial charge in [0.25, 0.3) is 5.91 Å². The molecular formula is C24H30N4O6. The van der Waals surface area contributed by atoms with E-state index >= 15 is 0 Å². The van der Waals surface area contributed by atoms with Crippen LogP contribution in [0.25, 0.3) is 10.9 Å². The van der Waals surface area contributed by atoms with Gasteiger partial charge in [-0.2, -0.15) is 0 Å². The molecule has 182 valence electrons. The Hall–Kier alpha value is -3.40. The number of aliphatic hydroxyl groups excluding tert-OH is 1. The monoisotopic (exact) mass is 470 g/mol. The van der Waals surface area contributed by atoms with E-state index in [1.165, 1.54) is 9.80 Å². The van der Waals surface area contributed by atoms with Crippen LogP contribution in [-0.4, -0.2) is 88.8 Å². The molecular weight excluding hydrogens is 440 g/mol. The van der Waals surface area contributed by atoms with Crippen LogP contribution < -0.4 is 10.1 Å². The van der Waals surface area contributed by atoms with Crippen molar-refractivity contribution >= 4 is 34.4 Å². The zero-order valence-electron chi connectivity index (χ0n) is 19.5. The number of methoxy groups -OCH3 is 1. The molecule has 0 saturated carbocycles. The topological polar surface area (TPSA) is 132 Å². The van der Waals surface area contributed by atoms with Crippen molar-refractivity contribution in [2.75, 3.05) is 27.3 Å². The molecule has 2 saturated heterocycles. The summed E-state index contributed by atoms with van der Waals surface area (Å²) in [6.45, 7) is 1.63. The number of benzene rings is 1. The number of likely N-dealkylation sites (N-methyl/N-ethyl adjacent to an activating group) is 1. The standard InChI is InChI=1S/C24H30N4O6/c1-13-9-19(24(33)28(13)18(20(30)12-29)10-14-7-8-25-22(14)31)27(2)23(32)17-11-15-16(26-17)5-4-6-21(15)34-3/h4-6,11,13-14,18-19,26,29H,7-10,12H2,1-3H3,(H,25,31)/t13?,14-,18-,19-/m0/s1. The predicted octanol–water partition coefficient (Wildman–Crippen LogP) is 0.694. The van der Waals surface area contributed by atoms with Crippen LogP contribution in [0.3, 0.4) is 0 Å². The van der Waals surface area contributed by atoms with E-state index < -0.39 is 24.5 Å². The van der Waals surface area contributed by atoms with Crippen LogP contribution in [0.4, 0.5) is 0 Å². The zero-order valence-corrected chi connectivity index (χ0v) is 19.5. The number of aromatic amines is 1. The molecule has 1 aromatic carbocycles. The second kappa shape index (κ2) is 9.46. The molecule has 0 aliphatic carbocycles. The van der Waals surface area contributed by atoms with Gasteiger partial charge in [0.2, 0.25) is 11.8 Å². The number of ketones is 1. The maximum absolute atomic E-state index is 13.5. The number of carbonyl (C=O) groups is 4. The van der Waals surface area contributed by atoms with Gasteiger partial charge in [0.15, 0.2) is 5.78 Å². The highest BCUT2D eigenvalue weighted by Gasteiger charge is 2.47. The fourth-order valence-electron chi connectivity index (χ4n) is 5.11. The van der Waals surface area contributed by atoms with E-state index in [1.54, 1.807) is 26.3 Å². The number of likely N-dealkylation sites (tertiary alicyclic amines) is 1. The highest BCUT2D eigenvalue weighted by atomic mass is 16.5. The second-order valence-electron chi connectivity index (χ2n) is 9.02. The van der Waals surface area contributed by atoms with Crippen molar-refractivity contribution in [1.29, 1.82) is 0 Å². The summed E-state index contributed by atoms with van der Waals surface area (Å²) in [6, 6.07) is 5.15. The van der Waals surface area contributed by atoms with Crippen molar-refractivity contribution in [2.45, 2.75) is 44.3 Å². The number of ether oxygens (including phenoxy) is 1. The minimum atomic E-state index is -0.910. The smallest absolute Gasteiger partial charge is 0.270 e. The average Bonchev–Trinajstić information content (AvgIpc) is 3.53. The second-order valence-corrected chi connectivity index (χ2v) is 9.02. The van der Waals surface area contributed by atoms with Crippen molar-refractivity contribution in [3.63, 3.8) is 0 Å². The summed E-state index contributed by atoms with van der Waals surface area (Å²) in [5, 5.41) is 13.0. The number of aliphatic hydroxyl groups is 1. The zero-order chi connectivity index (χ0) is 24.6. The summed E-state index contributed by atoms with van der Waals surface area (Å²) in [6.07, 6.45) is 1.08. The number of hydrogen-bond acceptors (Lipinski definition) is 6. The molecule has 3 heterocycles. The Morgan fingerprint density at radius 1 is 1.32 bits per heavy atom. The molecule has 4 rings (SSSR count). The Morgan fingerprint density at radius 2 is 2.09 bits per heavy atom. The fraction of sp³-hybridized carbons (Fsp3) is 0.500. The van der Waals surface area contributed by atoms with E-state index in [9.17, 15) is 24.3 Å². The van der Waals surface area contributed by atoms with E-state index in [0.717, 1.165) is 10.9 Å². The van der Waals surface area contributed by atoms with E-state index in [1.807, 2.05) is 19.1 Å². The fourth-order valence-corrected chi connectivity index (χ4v) is 5.11. The van der Waals surface area contributed by atoms with Gasteiger partial charge in [-0.3, -0.25) is 19.2 Å². The normalized spacial score (nSPS) is 23.3. The quantitative estimate of drug-likeness (QED) is 0.520. The van der Waals surface area contributed by atoms with Crippen LogP contribution in [0.5, 0.6) is 5.75 Å². The van der Waals surface area contributed by atoms with Gasteiger partial charge >= 0.3 is 0 Å². The maximum atomic E-state index is 13.5. The molecule has 2 aliphatic rings. The molecule has 2 aliphatic heterocycles. The third-order valence-corrected chi connectivity index (χ3v) is 6.97. The van der Waals surface area contributed by atoms with Gasteiger partial charge in [0.1, 0.15) is 24.1 Å². The van der Waals surface area contributed by atoms with Crippen LogP contribution in [0.1, 0.15) is 36.7 Å².